The van der Waals surface area contributed by atoms with Crippen molar-refractivity contribution in [3.63, 3.8) is 0 Å². The normalized spacial score (nSPS) is 12.8. The van der Waals surface area contributed by atoms with Gasteiger partial charge >= 0.3 is 0 Å². The Labute approximate surface area is 85.3 Å². The maximum atomic E-state index is 9.30. The Morgan fingerprint density at radius 3 is 2.54 bits per heavy atom. The predicted octanol–water partition coefficient (Wildman–Crippen LogP) is 1.92. The zero-order valence-electron chi connectivity index (χ0n) is 7.29. The number of benzene rings is 1. The second-order valence-corrected chi connectivity index (χ2v) is 3.86. The lowest BCUT2D eigenvalue weighted by molar-refractivity contribution is 0.400. The first kappa shape index (κ1) is 10.3. The molecule has 0 spiro atoms. The molecule has 1 aromatic carbocycles. The summed E-state index contributed by atoms with van der Waals surface area (Å²) in [5.41, 5.74) is 6.39. The summed E-state index contributed by atoms with van der Waals surface area (Å²) in [4.78, 5) is 0. The lowest BCUT2D eigenvalue weighted by atomic mass is 10.0. The molecule has 72 valence electrons. The maximum absolute atomic E-state index is 9.30. The van der Waals surface area contributed by atoms with Crippen LogP contribution in [0, 0.1) is 0 Å². The summed E-state index contributed by atoms with van der Waals surface area (Å²) in [5.74, 6) is -0.0829. The molecule has 0 fully saturated rings. The van der Waals surface area contributed by atoms with Crippen molar-refractivity contribution in [2.24, 2.45) is 5.73 Å². The van der Waals surface area contributed by atoms with Gasteiger partial charge in [0.25, 0.3) is 0 Å². The third-order valence-electron chi connectivity index (χ3n) is 1.99. The first-order valence-electron chi connectivity index (χ1n) is 3.97. The summed E-state index contributed by atoms with van der Waals surface area (Å²) < 4.78 is 0.489. The minimum atomic E-state index is -0.132. The smallest absolute Gasteiger partial charge is 0.171 e. The molecule has 0 saturated carbocycles. The van der Waals surface area contributed by atoms with E-state index in [9.17, 15) is 10.2 Å². The summed E-state index contributed by atoms with van der Waals surface area (Å²) in [6, 6.07) is 3.28. The van der Waals surface area contributed by atoms with E-state index in [1.807, 2.05) is 6.92 Å². The largest absolute Gasteiger partial charge is 0.504 e. The molecule has 0 bridgehead atoms. The number of hydrogen-bond donors (Lipinski definition) is 3. The molecule has 1 unspecified atom stereocenters. The Hall–Kier alpha value is -0.740. The molecule has 0 radical (unpaired) electrons. The molecule has 0 aliphatic rings. The molecule has 4 N–H and O–H groups in total. The van der Waals surface area contributed by atoms with E-state index in [-0.39, 0.29) is 17.4 Å². The van der Waals surface area contributed by atoms with Gasteiger partial charge in [0, 0.05) is 0 Å². The maximum Gasteiger partial charge on any atom is 0.171 e. The molecule has 0 aliphatic heterocycles. The first-order valence-corrected chi connectivity index (χ1v) is 4.77. The van der Waals surface area contributed by atoms with E-state index in [1.165, 1.54) is 6.07 Å². The van der Waals surface area contributed by atoms with Gasteiger partial charge in [-0.3, -0.25) is 0 Å². The fraction of sp³-hybridized carbons (Fsp3) is 0.333. The number of aromatic hydroxyl groups is 2. The van der Waals surface area contributed by atoms with Crippen molar-refractivity contribution in [2.75, 3.05) is 6.54 Å². The Bertz CT molecular complexity index is 291. The molecule has 0 aromatic heterocycles. The molecule has 0 heterocycles. The zero-order chi connectivity index (χ0) is 10.0. The van der Waals surface area contributed by atoms with Crippen LogP contribution >= 0.6 is 15.9 Å². The van der Waals surface area contributed by atoms with Gasteiger partial charge in [-0.25, -0.2) is 0 Å². The van der Waals surface area contributed by atoms with Gasteiger partial charge in [-0.05, 0) is 46.1 Å². The van der Waals surface area contributed by atoms with Gasteiger partial charge in [-0.15, -0.1) is 0 Å². The second kappa shape index (κ2) is 3.98. The molecule has 1 aromatic rings. The molecule has 4 heteroatoms. The fourth-order valence-corrected chi connectivity index (χ4v) is 1.49. The quantitative estimate of drug-likeness (QED) is 0.698. The zero-order valence-corrected chi connectivity index (χ0v) is 8.87. The van der Waals surface area contributed by atoms with E-state index in [2.05, 4.69) is 15.9 Å². The molecule has 0 aliphatic carbocycles. The number of halogens is 1. The number of phenolic OH excluding ortho intramolecular Hbond substituents is 2. The molecule has 1 rings (SSSR count). The molecule has 3 nitrogen and oxygen atoms in total. The molecule has 0 amide bonds. The molecule has 13 heavy (non-hydrogen) atoms. The summed E-state index contributed by atoms with van der Waals surface area (Å²) >= 11 is 3.14. The van der Waals surface area contributed by atoms with Gasteiger partial charge in [0.1, 0.15) is 0 Å². The average Bonchev–Trinajstić information content (AvgIpc) is 2.12. The summed E-state index contributed by atoms with van der Waals surface area (Å²) in [6.45, 7) is 2.47. The van der Waals surface area contributed by atoms with Gasteiger partial charge in [-0.2, -0.15) is 0 Å². The Morgan fingerprint density at radius 1 is 1.46 bits per heavy atom. The van der Waals surface area contributed by atoms with Crippen LogP contribution in [-0.2, 0) is 0 Å². The van der Waals surface area contributed by atoms with Gasteiger partial charge in [0.15, 0.2) is 11.5 Å². The van der Waals surface area contributed by atoms with Gasteiger partial charge in [0.2, 0.25) is 0 Å². The summed E-state index contributed by atoms with van der Waals surface area (Å²) in [7, 11) is 0. The van der Waals surface area contributed by atoms with E-state index >= 15 is 0 Å². The fourth-order valence-electron chi connectivity index (χ4n) is 1.03. The van der Waals surface area contributed by atoms with E-state index in [0.29, 0.717) is 11.0 Å². The van der Waals surface area contributed by atoms with Crippen LogP contribution in [0.4, 0.5) is 0 Å². The van der Waals surface area contributed by atoms with E-state index in [0.717, 1.165) is 5.56 Å². The lowest BCUT2D eigenvalue weighted by Gasteiger charge is -2.10. The Morgan fingerprint density at radius 2 is 2.08 bits per heavy atom. The van der Waals surface area contributed by atoms with Crippen LogP contribution in [0.5, 0.6) is 11.5 Å². The highest BCUT2D eigenvalue weighted by molar-refractivity contribution is 9.10. The van der Waals surface area contributed by atoms with E-state index in [4.69, 9.17) is 5.73 Å². The van der Waals surface area contributed by atoms with Crippen LogP contribution in [0.2, 0.25) is 0 Å². The number of nitrogens with two attached hydrogens (primary N) is 1. The topological polar surface area (TPSA) is 66.5 Å². The van der Waals surface area contributed by atoms with Crippen LogP contribution in [0.1, 0.15) is 18.4 Å². The lowest BCUT2D eigenvalue weighted by Crippen LogP contribution is -2.08. The van der Waals surface area contributed by atoms with E-state index in [1.54, 1.807) is 6.07 Å². The summed E-state index contributed by atoms with van der Waals surface area (Å²) in [6.07, 6.45) is 0. The molecular formula is C9H12BrNO2. The van der Waals surface area contributed by atoms with Gasteiger partial charge < -0.3 is 15.9 Å². The van der Waals surface area contributed by atoms with Crippen LogP contribution in [0.25, 0.3) is 0 Å². The van der Waals surface area contributed by atoms with Crippen molar-refractivity contribution < 1.29 is 10.2 Å². The minimum Gasteiger partial charge on any atom is -0.504 e. The van der Waals surface area contributed by atoms with Crippen molar-refractivity contribution >= 4 is 15.9 Å². The van der Waals surface area contributed by atoms with Crippen LogP contribution in [-0.4, -0.2) is 16.8 Å². The second-order valence-electron chi connectivity index (χ2n) is 3.01. The highest BCUT2D eigenvalue weighted by Gasteiger charge is 2.10. The summed E-state index contributed by atoms with van der Waals surface area (Å²) in [5, 5.41) is 18.6. The molecular weight excluding hydrogens is 234 g/mol. The van der Waals surface area contributed by atoms with Crippen LogP contribution in [0.3, 0.4) is 0 Å². The monoisotopic (exact) mass is 245 g/mol. The predicted molar refractivity (Wildman–Crippen MR) is 54.9 cm³/mol. The standard InChI is InChI=1S/C9H12BrNO2/c1-5(4-11)6-2-7(10)9(13)8(12)3-6/h2-3,5,12-13H,4,11H2,1H3. The highest BCUT2D eigenvalue weighted by atomic mass is 79.9. The van der Waals surface area contributed by atoms with Gasteiger partial charge in [0.05, 0.1) is 4.47 Å². The first-order chi connectivity index (χ1) is 6.06. The minimum absolute atomic E-state index is 0.121. The van der Waals surface area contributed by atoms with Crippen molar-refractivity contribution in [3.8, 4) is 11.5 Å². The van der Waals surface area contributed by atoms with Crippen molar-refractivity contribution in [1.82, 2.24) is 0 Å². The van der Waals surface area contributed by atoms with Crippen LogP contribution in [0.15, 0.2) is 16.6 Å². The van der Waals surface area contributed by atoms with Crippen molar-refractivity contribution in [3.05, 3.63) is 22.2 Å². The highest BCUT2D eigenvalue weighted by Crippen LogP contribution is 2.36. The third-order valence-corrected chi connectivity index (χ3v) is 2.59. The van der Waals surface area contributed by atoms with Crippen LogP contribution < -0.4 is 5.73 Å². The molecule has 0 saturated heterocycles. The average molecular weight is 246 g/mol. The third kappa shape index (κ3) is 2.14. The Balaban J connectivity index is 3.13. The number of hydrogen-bond acceptors (Lipinski definition) is 3. The Kier molecular flexibility index (Phi) is 3.17. The number of rotatable bonds is 2. The molecule has 1 atom stereocenters. The van der Waals surface area contributed by atoms with Crippen molar-refractivity contribution in [2.45, 2.75) is 12.8 Å². The SMILES string of the molecule is CC(CN)c1cc(O)c(O)c(Br)c1. The van der Waals surface area contributed by atoms with Crippen molar-refractivity contribution in [1.29, 1.82) is 0 Å². The van der Waals surface area contributed by atoms with E-state index < -0.39 is 0 Å². The van der Waals surface area contributed by atoms with Gasteiger partial charge in [-0.1, -0.05) is 6.92 Å². The number of phenols is 2.